The van der Waals surface area contributed by atoms with E-state index in [1.54, 1.807) is 11.9 Å². The van der Waals surface area contributed by atoms with Crippen LogP contribution in [0, 0.1) is 0 Å². The zero-order valence-corrected chi connectivity index (χ0v) is 11.0. The SMILES string of the molecule is CC[C@H](C)NC(=O)CN(C)CC(=O)NC1CC1. The van der Waals surface area contributed by atoms with Crippen LogP contribution in [0.1, 0.15) is 33.1 Å². The second kappa shape index (κ2) is 6.59. The minimum Gasteiger partial charge on any atom is -0.353 e. The summed E-state index contributed by atoms with van der Waals surface area (Å²) in [4.78, 5) is 24.8. The van der Waals surface area contributed by atoms with Crippen molar-refractivity contribution in [2.24, 2.45) is 0 Å². The Hall–Kier alpha value is -1.10. The second-order valence-electron chi connectivity index (χ2n) is 4.89. The van der Waals surface area contributed by atoms with Crippen LogP contribution in [0.4, 0.5) is 0 Å². The van der Waals surface area contributed by atoms with Gasteiger partial charge in [0.1, 0.15) is 0 Å². The van der Waals surface area contributed by atoms with Crippen LogP contribution in [0.5, 0.6) is 0 Å². The summed E-state index contributed by atoms with van der Waals surface area (Å²) in [6.07, 6.45) is 3.09. The zero-order chi connectivity index (χ0) is 12.8. The molecule has 1 aliphatic carbocycles. The summed E-state index contributed by atoms with van der Waals surface area (Å²) < 4.78 is 0. The van der Waals surface area contributed by atoms with Crippen molar-refractivity contribution in [3.63, 3.8) is 0 Å². The van der Waals surface area contributed by atoms with Crippen molar-refractivity contribution < 1.29 is 9.59 Å². The monoisotopic (exact) mass is 241 g/mol. The number of rotatable bonds is 7. The quantitative estimate of drug-likeness (QED) is 0.665. The molecule has 0 aromatic rings. The highest BCUT2D eigenvalue weighted by atomic mass is 16.2. The Labute approximate surface area is 103 Å². The van der Waals surface area contributed by atoms with Gasteiger partial charge in [0.05, 0.1) is 13.1 Å². The maximum absolute atomic E-state index is 11.6. The Morgan fingerprint density at radius 1 is 1.29 bits per heavy atom. The normalized spacial score (nSPS) is 16.7. The predicted octanol–water partition coefficient (Wildman–Crippen LogP) is 0.112. The lowest BCUT2D eigenvalue weighted by Crippen LogP contribution is -2.43. The maximum atomic E-state index is 11.6. The number of nitrogens with zero attached hydrogens (tertiary/aromatic N) is 1. The van der Waals surface area contributed by atoms with Gasteiger partial charge in [-0.1, -0.05) is 6.92 Å². The minimum atomic E-state index is -0.0268. The van der Waals surface area contributed by atoms with Gasteiger partial charge in [-0.2, -0.15) is 0 Å². The van der Waals surface area contributed by atoms with Gasteiger partial charge in [-0.05, 0) is 33.2 Å². The summed E-state index contributed by atoms with van der Waals surface area (Å²) >= 11 is 0. The highest BCUT2D eigenvalue weighted by Crippen LogP contribution is 2.18. The van der Waals surface area contributed by atoms with E-state index in [4.69, 9.17) is 0 Å². The summed E-state index contributed by atoms with van der Waals surface area (Å²) in [7, 11) is 1.78. The predicted molar refractivity (Wildman–Crippen MR) is 66.6 cm³/mol. The Bertz CT molecular complexity index is 277. The molecule has 5 heteroatoms. The third-order valence-corrected chi connectivity index (χ3v) is 2.79. The van der Waals surface area contributed by atoms with Crippen LogP contribution in [0.3, 0.4) is 0 Å². The van der Waals surface area contributed by atoms with Crippen LogP contribution in [0.25, 0.3) is 0 Å². The molecule has 98 valence electrons. The summed E-state index contributed by atoms with van der Waals surface area (Å²) in [6, 6.07) is 0.570. The molecular weight excluding hydrogens is 218 g/mol. The van der Waals surface area contributed by atoms with E-state index >= 15 is 0 Å². The fourth-order valence-corrected chi connectivity index (χ4v) is 1.47. The average molecular weight is 241 g/mol. The molecule has 0 spiro atoms. The topological polar surface area (TPSA) is 61.4 Å². The van der Waals surface area contributed by atoms with E-state index in [9.17, 15) is 9.59 Å². The Morgan fingerprint density at radius 3 is 2.41 bits per heavy atom. The molecule has 5 nitrogen and oxygen atoms in total. The minimum absolute atomic E-state index is 0.00587. The Morgan fingerprint density at radius 2 is 1.88 bits per heavy atom. The lowest BCUT2D eigenvalue weighted by Gasteiger charge is -2.17. The molecular formula is C12H23N3O2. The van der Waals surface area contributed by atoms with Crippen molar-refractivity contribution in [1.82, 2.24) is 15.5 Å². The van der Waals surface area contributed by atoms with Gasteiger partial charge in [0.15, 0.2) is 0 Å². The molecule has 1 atom stereocenters. The van der Waals surface area contributed by atoms with E-state index in [0.29, 0.717) is 6.04 Å². The van der Waals surface area contributed by atoms with Gasteiger partial charge < -0.3 is 10.6 Å². The van der Waals surface area contributed by atoms with Gasteiger partial charge in [-0.25, -0.2) is 0 Å². The lowest BCUT2D eigenvalue weighted by atomic mass is 10.2. The van der Waals surface area contributed by atoms with Crippen LogP contribution < -0.4 is 10.6 Å². The van der Waals surface area contributed by atoms with Crippen LogP contribution >= 0.6 is 0 Å². The van der Waals surface area contributed by atoms with Crippen molar-refractivity contribution in [3.05, 3.63) is 0 Å². The number of hydrogen-bond acceptors (Lipinski definition) is 3. The number of likely N-dealkylation sites (N-methyl/N-ethyl adjacent to an activating group) is 1. The third kappa shape index (κ3) is 6.26. The molecule has 2 amide bonds. The van der Waals surface area contributed by atoms with E-state index in [1.165, 1.54) is 0 Å². The Kier molecular flexibility index (Phi) is 5.41. The van der Waals surface area contributed by atoms with Crippen molar-refractivity contribution in [3.8, 4) is 0 Å². The fraction of sp³-hybridized carbons (Fsp3) is 0.833. The van der Waals surface area contributed by atoms with E-state index in [-0.39, 0.29) is 30.9 Å². The van der Waals surface area contributed by atoms with Gasteiger partial charge in [-0.3, -0.25) is 14.5 Å². The van der Waals surface area contributed by atoms with Crippen molar-refractivity contribution in [2.45, 2.75) is 45.2 Å². The molecule has 0 bridgehead atoms. The second-order valence-corrected chi connectivity index (χ2v) is 4.89. The summed E-state index contributed by atoms with van der Waals surface area (Å²) in [5.74, 6) is -0.0209. The molecule has 0 unspecified atom stereocenters. The fourth-order valence-electron chi connectivity index (χ4n) is 1.47. The largest absolute Gasteiger partial charge is 0.353 e. The number of amides is 2. The smallest absolute Gasteiger partial charge is 0.234 e. The van der Waals surface area contributed by atoms with Gasteiger partial charge in [0.25, 0.3) is 0 Å². The first kappa shape index (κ1) is 14.0. The molecule has 0 radical (unpaired) electrons. The van der Waals surface area contributed by atoms with E-state index < -0.39 is 0 Å². The Balaban J connectivity index is 2.16. The van der Waals surface area contributed by atoms with Crippen LogP contribution in [0.2, 0.25) is 0 Å². The average Bonchev–Trinajstić information content (AvgIpc) is 3.00. The number of hydrogen-bond donors (Lipinski definition) is 2. The third-order valence-electron chi connectivity index (χ3n) is 2.79. The maximum Gasteiger partial charge on any atom is 0.234 e. The first-order valence-electron chi connectivity index (χ1n) is 6.28. The summed E-state index contributed by atoms with van der Waals surface area (Å²) in [5.41, 5.74) is 0. The van der Waals surface area contributed by atoms with E-state index in [1.807, 2.05) is 13.8 Å². The van der Waals surface area contributed by atoms with E-state index in [0.717, 1.165) is 19.3 Å². The van der Waals surface area contributed by atoms with Crippen molar-refractivity contribution >= 4 is 11.8 Å². The lowest BCUT2D eigenvalue weighted by molar-refractivity contribution is -0.124. The van der Waals surface area contributed by atoms with Crippen molar-refractivity contribution in [1.29, 1.82) is 0 Å². The highest BCUT2D eigenvalue weighted by molar-refractivity contribution is 5.81. The molecule has 0 aliphatic heterocycles. The molecule has 1 aliphatic rings. The number of carbonyl (C=O) groups excluding carboxylic acids is 2. The molecule has 1 fully saturated rings. The first-order chi connectivity index (χ1) is 8.01. The summed E-state index contributed by atoms with van der Waals surface area (Å²) in [6.45, 7) is 4.54. The number of nitrogens with one attached hydrogen (secondary N) is 2. The molecule has 0 heterocycles. The van der Waals surface area contributed by atoms with Gasteiger partial charge in [0.2, 0.25) is 11.8 Å². The molecule has 0 saturated heterocycles. The molecule has 2 N–H and O–H groups in total. The molecule has 0 aromatic heterocycles. The molecule has 17 heavy (non-hydrogen) atoms. The zero-order valence-electron chi connectivity index (χ0n) is 11.0. The highest BCUT2D eigenvalue weighted by Gasteiger charge is 2.23. The van der Waals surface area contributed by atoms with E-state index in [2.05, 4.69) is 10.6 Å². The first-order valence-corrected chi connectivity index (χ1v) is 6.28. The van der Waals surface area contributed by atoms with Gasteiger partial charge >= 0.3 is 0 Å². The van der Waals surface area contributed by atoms with Crippen LogP contribution in [-0.2, 0) is 9.59 Å². The summed E-state index contributed by atoms with van der Waals surface area (Å²) in [5, 5.41) is 5.77. The molecule has 1 saturated carbocycles. The van der Waals surface area contributed by atoms with Crippen LogP contribution in [-0.4, -0.2) is 48.9 Å². The number of carbonyl (C=O) groups is 2. The molecule has 1 rings (SSSR count). The standard InChI is InChI=1S/C12H23N3O2/c1-4-9(2)13-11(16)7-15(3)8-12(17)14-10-5-6-10/h9-10H,4-8H2,1-3H3,(H,13,16)(H,14,17)/t9-/m0/s1. The van der Waals surface area contributed by atoms with Gasteiger partial charge in [0, 0.05) is 12.1 Å². The van der Waals surface area contributed by atoms with Crippen molar-refractivity contribution in [2.75, 3.05) is 20.1 Å². The molecule has 0 aromatic carbocycles. The van der Waals surface area contributed by atoms with Crippen LogP contribution in [0.15, 0.2) is 0 Å². The van der Waals surface area contributed by atoms with Gasteiger partial charge in [-0.15, -0.1) is 0 Å².